The van der Waals surface area contributed by atoms with Crippen molar-refractivity contribution in [3.05, 3.63) is 41.8 Å². The molecule has 1 atom stereocenters. The van der Waals surface area contributed by atoms with Crippen LogP contribution in [-0.4, -0.2) is 70.7 Å². The van der Waals surface area contributed by atoms with Crippen LogP contribution < -0.4 is 0 Å². The van der Waals surface area contributed by atoms with Gasteiger partial charge in [-0.2, -0.15) is 4.98 Å². The van der Waals surface area contributed by atoms with Crippen molar-refractivity contribution in [3.8, 4) is 0 Å². The Bertz CT molecular complexity index is 772. The minimum atomic E-state index is -0.0371. The van der Waals surface area contributed by atoms with Crippen molar-refractivity contribution >= 4 is 5.91 Å². The molecule has 138 valence electrons. The molecule has 1 amide bonds. The third-order valence-corrected chi connectivity index (χ3v) is 5.32. The molecule has 0 aliphatic carbocycles. The molecule has 8 nitrogen and oxygen atoms in total. The summed E-state index contributed by atoms with van der Waals surface area (Å²) in [7, 11) is 1.54. The first-order valence-corrected chi connectivity index (χ1v) is 8.78. The van der Waals surface area contributed by atoms with Gasteiger partial charge in [0.05, 0.1) is 5.92 Å². The zero-order valence-electron chi connectivity index (χ0n) is 15.1. The summed E-state index contributed by atoms with van der Waals surface area (Å²) < 4.78 is 10.5. The van der Waals surface area contributed by atoms with Crippen LogP contribution in [0.3, 0.4) is 0 Å². The number of methoxy groups -OCH3 is 1. The molecule has 4 heterocycles. The predicted molar refractivity (Wildman–Crippen MR) is 92.2 cm³/mol. The average molecular weight is 357 g/mol. The van der Waals surface area contributed by atoms with E-state index in [2.05, 4.69) is 26.1 Å². The fraction of sp³-hybridized carbons (Fsp3) is 0.556. The highest BCUT2D eigenvalue weighted by molar-refractivity contribution is 5.78. The highest BCUT2D eigenvalue weighted by Gasteiger charge is 2.57. The summed E-state index contributed by atoms with van der Waals surface area (Å²) in [6.45, 7) is 5.87. The Morgan fingerprint density at radius 2 is 2.27 bits per heavy atom. The molecule has 1 unspecified atom stereocenters. The standard InChI is InChI=1S/C18H23N5O3/c1-13-20-17(26-21-13)15-8-23(16(24)9-25-2)12-18(15)10-22(11-18)7-14-4-3-5-19-6-14/h3-6,15H,7-12H2,1-2H3. The van der Waals surface area contributed by atoms with Crippen LogP contribution >= 0.6 is 0 Å². The van der Waals surface area contributed by atoms with E-state index in [9.17, 15) is 4.79 Å². The van der Waals surface area contributed by atoms with Gasteiger partial charge in [-0.05, 0) is 18.6 Å². The number of aryl methyl sites for hydroxylation is 1. The van der Waals surface area contributed by atoms with E-state index in [-0.39, 0.29) is 23.8 Å². The smallest absolute Gasteiger partial charge is 0.248 e. The Morgan fingerprint density at radius 3 is 2.92 bits per heavy atom. The predicted octanol–water partition coefficient (Wildman–Crippen LogP) is 0.847. The van der Waals surface area contributed by atoms with Crippen LogP contribution in [0.25, 0.3) is 0 Å². The zero-order valence-corrected chi connectivity index (χ0v) is 15.1. The largest absolute Gasteiger partial charge is 0.375 e. The minimum absolute atomic E-state index is 0.0105. The summed E-state index contributed by atoms with van der Waals surface area (Å²) in [6, 6.07) is 4.04. The average Bonchev–Trinajstić information content (AvgIpc) is 3.20. The third kappa shape index (κ3) is 3.10. The van der Waals surface area contributed by atoms with Crippen molar-refractivity contribution in [2.75, 3.05) is 39.9 Å². The number of carbonyl (C=O) groups is 1. The molecule has 0 aromatic carbocycles. The van der Waals surface area contributed by atoms with Gasteiger partial charge in [0.2, 0.25) is 11.8 Å². The van der Waals surface area contributed by atoms with Crippen LogP contribution in [0.1, 0.15) is 23.2 Å². The van der Waals surface area contributed by atoms with Gasteiger partial charge < -0.3 is 14.2 Å². The highest BCUT2D eigenvalue weighted by atomic mass is 16.5. The number of rotatable bonds is 5. The number of carbonyl (C=O) groups excluding carboxylic acids is 1. The zero-order chi connectivity index (χ0) is 18.1. The van der Waals surface area contributed by atoms with Crippen molar-refractivity contribution in [1.29, 1.82) is 0 Å². The van der Waals surface area contributed by atoms with Crippen LogP contribution in [-0.2, 0) is 16.1 Å². The lowest BCUT2D eigenvalue weighted by molar-refractivity contribution is -0.135. The van der Waals surface area contributed by atoms with E-state index in [4.69, 9.17) is 9.26 Å². The molecule has 8 heteroatoms. The summed E-state index contributed by atoms with van der Waals surface area (Å²) in [4.78, 5) is 25.2. The molecular weight excluding hydrogens is 334 g/mol. The van der Waals surface area contributed by atoms with Gasteiger partial charge >= 0.3 is 0 Å². The van der Waals surface area contributed by atoms with Crippen molar-refractivity contribution in [2.24, 2.45) is 5.41 Å². The second-order valence-corrected chi connectivity index (χ2v) is 7.31. The molecule has 2 aliphatic heterocycles. The Balaban J connectivity index is 1.50. The molecule has 0 radical (unpaired) electrons. The quantitative estimate of drug-likeness (QED) is 0.784. The molecule has 2 aromatic heterocycles. The maximum absolute atomic E-state index is 12.3. The molecular formula is C18H23N5O3. The van der Waals surface area contributed by atoms with Gasteiger partial charge in [-0.25, -0.2) is 0 Å². The second-order valence-electron chi connectivity index (χ2n) is 7.31. The van der Waals surface area contributed by atoms with Crippen LogP contribution in [0.4, 0.5) is 0 Å². The fourth-order valence-corrected chi connectivity index (χ4v) is 4.19. The number of hydrogen-bond donors (Lipinski definition) is 0. The van der Waals surface area contributed by atoms with Gasteiger partial charge in [-0.15, -0.1) is 0 Å². The lowest BCUT2D eigenvalue weighted by Crippen LogP contribution is -2.59. The number of pyridine rings is 1. The fourth-order valence-electron chi connectivity index (χ4n) is 4.19. The Kier molecular flexibility index (Phi) is 4.46. The van der Waals surface area contributed by atoms with E-state index in [0.717, 1.165) is 19.6 Å². The molecule has 26 heavy (non-hydrogen) atoms. The number of nitrogens with zero attached hydrogens (tertiary/aromatic N) is 5. The minimum Gasteiger partial charge on any atom is -0.375 e. The van der Waals surface area contributed by atoms with E-state index in [1.807, 2.05) is 24.1 Å². The molecule has 2 fully saturated rings. The highest BCUT2D eigenvalue weighted by Crippen LogP contribution is 2.49. The lowest BCUT2D eigenvalue weighted by atomic mass is 9.71. The van der Waals surface area contributed by atoms with E-state index in [1.165, 1.54) is 5.56 Å². The number of ether oxygens (including phenoxy) is 1. The number of hydrogen-bond acceptors (Lipinski definition) is 7. The first kappa shape index (κ1) is 17.1. The molecule has 1 spiro atoms. The van der Waals surface area contributed by atoms with Crippen molar-refractivity contribution in [2.45, 2.75) is 19.4 Å². The summed E-state index contributed by atoms with van der Waals surface area (Å²) in [5.41, 5.74) is 1.16. The van der Waals surface area contributed by atoms with Gasteiger partial charge in [0.15, 0.2) is 5.82 Å². The Hall–Kier alpha value is -2.32. The van der Waals surface area contributed by atoms with E-state index < -0.39 is 0 Å². The maximum Gasteiger partial charge on any atom is 0.248 e. The second kappa shape index (κ2) is 6.77. The maximum atomic E-state index is 12.3. The summed E-state index contributed by atoms with van der Waals surface area (Å²) in [5, 5.41) is 3.94. The summed E-state index contributed by atoms with van der Waals surface area (Å²) >= 11 is 0. The molecule has 4 rings (SSSR count). The molecule has 2 aliphatic rings. The molecule has 0 N–H and O–H groups in total. The van der Waals surface area contributed by atoms with Gasteiger partial charge in [0, 0.05) is 57.6 Å². The van der Waals surface area contributed by atoms with Crippen LogP contribution in [0.15, 0.2) is 29.0 Å². The monoisotopic (exact) mass is 357 g/mol. The van der Waals surface area contributed by atoms with E-state index >= 15 is 0 Å². The van der Waals surface area contributed by atoms with E-state index in [1.54, 1.807) is 13.3 Å². The Labute approximate surface area is 152 Å². The van der Waals surface area contributed by atoms with Crippen molar-refractivity contribution < 1.29 is 14.1 Å². The van der Waals surface area contributed by atoms with Gasteiger partial charge in [0.25, 0.3) is 0 Å². The van der Waals surface area contributed by atoms with Crippen molar-refractivity contribution in [1.82, 2.24) is 24.9 Å². The lowest BCUT2D eigenvalue weighted by Gasteiger charge is -2.50. The topological polar surface area (TPSA) is 84.6 Å². The van der Waals surface area contributed by atoms with Gasteiger partial charge in [-0.1, -0.05) is 11.2 Å². The van der Waals surface area contributed by atoms with Gasteiger partial charge in [-0.3, -0.25) is 14.7 Å². The number of likely N-dealkylation sites (tertiary alicyclic amines) is 2. The van der Waals surface area contributed by atoms with Crippen LogP contribution in [0.2, 0.25) is 0 Å². The normalized spacial score (nSPS) is 21.9. The van der Waals surface area contributed by atoms with Gasteiger partial charge in [0.1, 0.15) is 6.61 Å². The van der Waals surface area contributed by atoms with E-state index in [0.29, 0.717) is 24.8 Å². The van der Waals surface area contributed by atoms with Crippen LogP contribution in [0, 0.1) is 12.3 Å². The Morgan fingerprint density at radius 1 is 1.42 bits per heavy atom. The summed E-state index contributed by atoms with van der Waals surface area (Å²) in [6.07, 6.45) is 3.68. The summed E-state index contributed by atoms with van der Waals surface area (Å²) in [5.74, 6) is 1.34. The molecule has 2 saturated heterocycles. The molecule has 0 bridgehead atoms. The molecule has 2 aromatic rings. The van der Waals surface area contributed by atoms with Crippen LogP contribution in [0.5, 0.6) is 0 Å². The first-order chi connectivity index (χ1) is 12.6. The SMILES string of the molecule is COCC(=O)N1CC(c2nc(C)no2)C2(CN(Cc3cccnc3)C2)C1. The number of amides is 1. The third-order valence-electron chi connectivity index (χ3n) is 5.32. The number of aromatic nitrogens is 3. The van der Waals surface area contributed by atoms with Crippen molar-refractivity contribution in [3.63, 3.8) is 0 Å². The molecule has 0 saturated carbocycles. The first-order valence-electron chi connectivity index (χ1n) is 8.78.